The average molecular weight is 749 g/mol. The summed E-state index contributed by atoms with van der Waals surface area (Å²) in [7, 11) is 1.19. The summed E-state index contributed by atoms with van der Waals surface area (Å²) in [6.07, 6.45) is -15.3. The number of hydrogen-bond donors (Lipinski definition) is 9. The van der Waals surface area contributed by atoms with Crippen molar-refractivity contribution in [3.05, 3.63) is 36.3 Å². The van der Waals surface area contributed by atoms with Crippen molar-refractivity contribution in [2.75, 3.05) is 26.9 Å². The molecule has 9 N–H and O–H groups in total. The van der Waals surface area contributed by atoms with Gasteiger partial charge in [-0.1, -0.05) is 13.0 Å². The topological polar surface area (TPSA) is 290 Å². The summed E-state index contributed by atoms with van der Waals surface area (Å²) in [5.74, 6) is -5.09. The van der Waals surface area contributed by atoms with Crippen LogP contribution in [0.5, 0.6) is 0 Å². The summed E-state index contributed by atoms with van der Waals surface area (Å²) in [6.45, 7) is 3.78. The van der Waals surface area contributed by atoms with Crippen LogP contribution in [0.3, 0.4) is 0 Å². The fraction of sp³-hybridized carbons (Fsp3) is 0.758. The largest absolute Gasteiger partial charge is 0.472 e. The van der Waals surface area contributed by atoms with Crippen LogP contribution in [0.1, 0.15) is 19.8 Å². The van der Waals surface area contributed by atoms with Gasteiger partial charge < -0.3 is 83.9 Å². The molecule has 0 spiro atoms. The minimum atomic E-state index is -1.73. The lowest BCUT2D eigenvalue weighted by Gasteiger charge is -2.43. The van der Waals surface area contributed by atoms with E-state index in [1.54, 1.807) is 6.92 Å². The molecule has 5 aliphatic rings. The van der Waals surface area contributed by atoms with E-state index >= 15 is 0 Å². The third kappa shape index (κ3) is 7.74. The van der Waals surface area contributed by atoms with E-state index in [-0.39, 0.29) is 30.6 Å². The summed E-state index contributed by atoms with van der Waals surface area (Å²) in [6, 6.07) is 0. The van der Waals surface area contributed by atoms with E-state index in [4.69, 9.17) is 37.9 Å². The van der Waals surface area contributed by atoms with E-state index in [1.165, 1.54) is 13.2 Å². The van der Waals surface area contributed by atoms with Crippen LogP contribution < -0.4 is 0 Å². The number of esters is 2. The minimum Gasteiger partial charge on any atom is -0.472 e. The van der Waals surface area contributed by atoms with Crippen molar-refractivity contribution in [3.63, 3.8) is 0 Å². The lowest BCUT2D eigenvalue weighted by atomic mass is 9.81. The molecule has 294 valence electrons. The molecule has 19 heteroatoms. The Morgan fingerprint density at radius 3 is 1.85 bits per heavy atom. The third-order valence-electron chi connectivity index (χ3n) is 10.6. The average Bonchev–Trinajstić information content (AvgIpc) is 3.47. The minimum absolute atomic E-state index is 0.00350. The fourth-order valence-electron chi connectivity index (χ4n) is 7.55. The van der Waals surface area contributed by atoms with Crippen LogP contribution in [0.2, 0.25) is 0 Å². The number of ether oxygens (including phenoxy) is 8. The molecular weight excluding hydrogens is 700 g/mol. The van der Waals surface area contributed by atoms with Gasteiger partial charge in [-0.15, -0.1) is 6.58 Å². The van der Waals surface area contributed by atoms with Gasteiger partial charge in [0.1, 0.15) is 54.9 Å². The number of methoxy groups -OCH3 is 1. The molecule has 52 heavy (non-hydrogen) atoms. The Labute approximate surface area is 298 Å². The van der Waals surface area contributed by atoms with Crippen molar-refractivity contribution in [1.82, 2.24) is 0 Å². The highest BCUT2D eigenvalue weighted by Crippen LogP contribution is 2.49. The standard InChI is InChI=1S/C33H48O19/c1-4-13-14(5-6-34)16(10-46-30(13)51-32-26(41)24(39)22(37)19(8-35)49-32)29(44)48-18-7-15-17(28(43)45-3)11-47-31(21(15)12(18)2)52-33-27(42)25(40)23(38)20(9-36)50-33/h4,10-15,18-27,30-42H,1,5-9H2,2-3H3/t12-,13+,14-,15+,18-,19+,20+,21+,22+,23+,24-,25-,26+,27+,30-,31-,32-,33-/m1/s1. The number of fused-ring (bicyclic) bond motifs is 1. The normalized spacial score (nSPS) is 44.7. The quantitative estimate of drug-likeness (QED) is 0.0684. The van der Waals surface area contributed by atoms with Crippen LogP contribution in [-0.2, 0) is 47.5 Å². The molecule has 19 nitrogen and oxygen atoms in total. The number of aliphatic hydroxyl groups is 9. The van der Waals surface area contributed by atoms with Crippen molar-refractivity contribution < 1.29 is 93.4 Å². The fourth-order valence-corrected chi connectivity index (χ4v) is 7.55. The van der Waals surface area contributed by atoms with Gasteiger partial charge in [-0.3, -0.25) is 0 Å². The molecule has 4 heterocycles. The Kier molecular flexibility index (Phi) is 13.3. The Bertz CT molecular complexity index is 1320. The highest BCUT2D eigenvalue weighted by Gasteiger charge is 2.55. The molecule has 3 fully saturated rings. The number of aliphatic hydroxyl groups excluding tert-OH is 9. The molecule has 1 aliphatic carbocycles. The summed E-state index contributed by atoms with van der Waals surface area (Å²) >= 11 is 0. The summed E-state index contributed by atoms with van der Waals surface area (Å²) in [5.41, 5.74) is 0.133. The molecule has 0 bridgehead atoms. The predicted octanol–water partition coefficient (Wildman–Crippen LogP) is -3.74. The van der Waals surface area contributed by atoms with Gasteiger partial charge in [0.05, 0.1) is 44.0 Å². The maximum atomic E-state index is 13.8. The van der Waals surface area contributed by atoms with Gasteiger partial charge in [-0.2, -0.15) is 0 Å². The third-order valence-corrected chi connectivity index (χ3v) is 10.6. The van der Waals surface area contributed by atoms with Gasteiger partial charge in [0.25, 0.3) is 0 Å². The number of hydrogen-bond acceptors (Lipinski definition) is 19. The van der Waals surface area contributed by atoms with Crippen molar-refractivity contribution >= 4 is 11.9 Å². The van der Waals surface area contributed by atoms with Crippen molar-refractivity contribution in [1.29, 1.82) is 0 Å². The van der Waals surface area contributed by atoms with Gasteiger partial charge in [-0.05, 0) is 12.8 Å². The van der Waals surface area contributed by atoms with Crippen LogP contribution in [0, 0.1) is 29.6 Å². The van der Waals surface area contributed by atoms with E-state index < -0.39 is 135 Å². The highest BCUT2D eigenvalue weighted by atomic mass is 16.8. The van der Waals surface area contributed by atoms with Gasteiger partial charge in [0.2, 0.25) is 12.6 Å². The molecular formula is C33H48O19. The molecule has 2 saturated heterocycles. The van der Waals surface area contributed by atoms with Crippen LogP contribution >= 0.6 is 0 Å². The van der Waals surface area contributed by atoms with E-state index in [0.29, 0.717) is 0 Å². The van der Waals surface area contributed by atoms with E-state index in [1.807, 2.05) is 0 Å². The Balaban J connectivity index is 1.33. The molecule has 0 aromatic rings. The van der Waals surface area contributed by atoms with E-state index in [0.717, 1.165) is 12.5 Å². The molecule has 18 atom stereocenters. The second-order valence-electron chi connectivity index (χ2n) is 13.5. The molecule has 0 radical (unpaired) electrons. The first-order valence-corrected chi connectivity index (χ1v) is 17.0. The van der Waals surface area contributed by atoms with Crippen LogP contribution in [-0.4, -0.2) is 165 Å². The smallest absolute Gasteiger partial charge is 0.337 e. The van der Waals surface area contributed by atoms with Crippen LogP contribution in [0.25, 0.3) is 0 Å². The zero-order valence-electron chi connectivity index (χ0n) is 28.5. The molecule has 0 aromatic heterocycles. The van der Waals surface area contributed by atoms with Gasteiger partial charge >= 0.3 is 11.9 Å². The van der Waals surface area contributed by atoms with Gasteiger partial charge in [-0.25, -0.2) is 9.59 Å². The van der Waals surface area contributed by atoms with Gasteiger partial charge in [0, 0.05) is 36.2 Å². The number of rotatable bonds is 12. The second kappa shape index (κ2) is 17.1. The maximum Gasteiger partial charge on any atom is 0.337 e. The lowest BCUT2D eigenvalue weighted by molar-refractivity contribution is -0.342. The Morgan fingerprint density at radius 2 is 1.33 bits per heavy atom. The van der Waals surface area contributed by atoms with Gasteiger partial charge in [0.15, 0.2) is 12.6 Å². The lowest BCUT2D eigenvalue weighted by Crippen LogP contribution is -2.60. The van der Waals surface area contributed by atoms with E-state index in [2.05, 4.69) is 6.58 Å². The first kappa shape index (κ1) is 40.4. The first-order valence-electron chi connectivity index (χ1n) is 17.0. The van der Waals surface area contributed by atoms with Crippen LogP contribution in [0.4, 0.5) is 0 Å². The number of carbonyl (C=O) groups is 2. The van der Waals surface area contributed by atoms with Crippen molar-refractivity contribution in [3.8, 4) is 0 Å². The molecule has 4 aliphatic heterocycles. The highest BCUT2D eigenvalue weighted by molar-refractivity contribution is 5.90. The summed E-state index contributed by atoms with van der Waals surface area (Å²) < 4.78 is 45.1. The van der Waals surface area contributed by atoms with E-state index in [9.17, 15) is 55.5 Å². The summed E-state index contributed by atoms with van der Waals surface area (Å²) in [4.78, 5) is 26.6. The maximum absolute atomic E-state index is 13.8. The Hall–Kier alpha value is -2.76. The first-order chi connectivity index (χ1) is 24.8. The predicted molar refractivity (Wildman–Crippen MR) is 167 cm³/mol. The number of carbonyl (C=O) groups excluding carboxylic acids is 2. The molecule has 0 unspecified atom stereocenters. The zero-order chi connectivity index (χ0) is 38.0. The zero-order valence-corrected chi connectivity index (χ0v) is 28.5. The molecule has 1 saturated carbocycles. The van der Waals surface area contributed by atoms with Crippen molar-refractivity contribution in [2.24, 2.45) is 29.6 Å². The molecule has 0 amide bonds. The van der Waals surface area contributed by atoms with Crippen molar-refractivity contribution in [2.45, 2.75) is 99.9 Å². The van der Waals surface area contributed by atoms with Crippen LogP contribution in [0.15, 0.2) is 36.3 Å². The Morgan fingerprint density at radius 1 is 0.788 bits per heavy atom. The molecule has 5 rings (SSSR count). The molecule has 0 aromatic carbocycles. The second-order valence-corrected chi connectivity index (χ2v) is 13.5. The summed E-state index contributed by atoms with van der Waals surface area (Å²) in [5, 5.41) is 90.8. The SMILES string of the molecule is C=C[C@@H]1[C@@H](O[C@H]2O[C@@H](CO)[C@H](O)[C@@H](O)[C@@H]2O)OC=C(C(=O)O[C@@H]2C[C@H]3C(C(=O)OC)=CO[C@H](O[C@H]4O[C@@H](CO)[C@H](O)[C@@H](O)[C@@H]4O)[C@H]3[C@@H]2C)[C@@H]1CCO. The monoisotopic (exact) mass is 748 g/mol.